The number of para-hydroxylation sites is 2. The molecule has 4 rings (SSSR count). The minimum Gasteiger partial charge on any atom is -0.398 e. The third-order valence-corrected chi connectivity index (χ3v) is 4.15. The van der Waals surface area contributed by atoms with E-state index in [4.69, 9.17) is 17.3 Å². The molecule has 3 aromatic carbocycles. The number of fused-ring (bicyclic) bond motifs is 3. The van der Waals surface area contributed by atoms with E-state index >= 15 is 0 Å². The smallest absolute Gasteiger partial charge is 0.0656 e. The maximum Gasteiger partial charge on any atom is 0.0656 e. The molecule has 1 heterocycles. The summed E-state index contributed by atoms with van der Waals surface area (Å²) < 4.78 is 2.22. The van der Waals surface area contributed by atoms with Crippen LogP contribution in [-0.4, -0.2) is 4.57 Å². The Morgan fingerprint density at radius 3 is 1.90 bits per heavy atom. The molecule has 0 aliphatic carbocycles. The minimum atomic E-state index is 0.578. The highest BCUT2D eigenvalue weighted by Crippen LogP contribution is 2.33. The fourth-order valence-electron chi connectivity index (χ4n) is 2.86. The van der Waals surface area contributed by atoms with Gasteiger partial charge >= 0.3 is 0 Å². The first-order chi connectivity index (χ1) is 10.3. The summed E-state index contributed by atoms with van der Waals surface area (Å²) in [6, 6.07) is 22.5. The molecule has 2 N–H and O–H groups in total. The van der Waals surface area contributed by atoms with Crippen molar-refractivity contribution in [3.63, 3.8) is 0 Å². The van der Waals surface area contributed by atoms with Gasteiger partial charge in [0.25, 0.3) is 0 Å². The van der Waals surface area contributed by atoms with E-state index in [0.717, 1.165) is 5.69 Å². The molecule has 0 unspecified atom stereocenters. The second-order valence-electron chi connectivity index (χ2n) is 5.08. The number of hydrogen-bond donors (Lipinski definition) is 1. The lowest BCUT2D eigenvalue weighted by Crippen LogP contribution is -1.95. The van der Waals surface area contributed by atoms with Crippen LogP contribution < -0.4 is 5.73 Å². The first-order valence-electron chi connectivity index (χ1n) is 6.79. The van der Waals surface area contributed by atoms with E-state index in [1.807, 2.05) is 18.2 Å². The Bertz CT molecular complexity index is 916. The molecule has 0 radical (unpaired) electrons. The largest absolute Gasteiger partial charge is 0.398 e. The fraction of sp³-hybridized carbons (Fsp3) is 0. The predicted molar refractivity (Wildman–Crippen MR) is 90.2 cm³/mol. The summed E-state index contributed by atoms with van der Waals surface area (Å²) in [6.07, 6.45) is 0. The number of rotatable bonds is 1. The number of nitrogens with two attached hydrogens (primary N) is 1. The minimum absolute atomic E-state index is 0.578. The maximum atomic E-state index is 6.19. The number of benzene rings is 3. The summed E-state index contributed by atoms with van der Waals surface area (Å²) in [5.41, 5.74) is 9.78. The normalized spacial score (nSPS) is 11.3. The molecule has 0 bridgehead atoms. The molecule has 0 saturated carbocycles. The number of halogens is 1. The lowest BCUT2D eigenvalue weighted by atomic mass is 10.2. The summed E-state index contributed by atoms with van der Waals surface area (Å²) in [5.74, 6) is 0. The van der Waals surface area contributed by atoms with Crippen molar-refractivity contribution in [2.24, 2.45) is 0 Å². The van der Waals surface area contributed by atoms with Crippen LogP contribution in [0.1, 0.15) is 0 Å². The van der Waals surface area contributed by atoms with Gasteiger partial charge in [0.2, 0.25) is 0 Å². The van der Waals surface area contributed by atoms with Crippen LogP contribution in [-0.2, 0) is 0 Å². The van der Waals surface area contributed by atoms with E-state index in [0.29, 0.717) is 10.7 Å². The van der Waals surface area contributed by atoms with Crippen LogP contribution in [0.2, 0.25) is 5.02 Å². The number of anilines is 1. The summed E-state index contributed by atoms with van der Waals surface area (Å²) in [7, 11) is 0. The standard InChI is InChI=1S/C18H13ClN2/c19-15-11-12(9-10-16(15)20)21-17-7-3-1-5-13(17)14-6-2-4-8-18(14)21/h1-11H,20H2. The SMILES string of the molecule is Nc1ccc(-n2c3ccccc3c3ccccc32)cc1Cl. The zero-order chi connectivity index (χ0) is 14.4. The Labute approximate surface area is 127 Å². The van der Waals surface area contributed by atoms with Gasteiger partial charge < -0.3 is 10.3 Å². The van der Waals surface area contributed by atoms with Crippen molar-refractivity contribution in [1.29, 1.82) is 0 Å². The van der Waals surface area contributed by atoms with Crippen molar-refractivity contribution < 1.29 is 0 Å². The first kappa shape index (κ1) is 12.3. The van der Waals surface area contributed by atoms with Crippen molar-refractivity contribution in [3.05, 3.63) is 71.8 Å². The van der Waals surface area contributed by atoms with Crippen molar-refractivity contribution in [1.82, 2.24) is 4.57 Å². The van der Waals surface area contributed by atoms with Gasteiger partial charge in [0.05, 0.1) is 21.7 Å². The van der Waals surface area contributed by atoms with E-state index < -0.39 is 0 Å². The van der Waals surface area contributed by atoms with Crippen molar-refractivity contribution >= 4 is 39.1 Å². The van der Waals surface area contributed by atoms with E-state index in [9.17, 15) is 0 Å². The summed E-state index contributed by atoms with van der Waals surface area (Å²) >= 11 is 6.19. The second kappa shape index (κ2) is 4.54. The summed E-state index contributed by atoms with van der Waals surface area (Å²) in [5, 5.41) is 3.05. The molecule has 0 amide bonds. The number of aromatic nitrogens is 1. The van der Waals surface area contributed by atoms with Gasteiger partial charge in [-0.25, -0.2) is 0 Å². The number of nitrogen functional groups attached to an aromatic ring is 1. The Morgan fingerprint density at radius 2 is 1.33 bits per heavy atom. The molecule has 0 aliphatic rings. The van der Waals surface area contributed by atoms with Crippen LogP contribution in [0.15, 0.2) is 66.7 Å². The zero-order valence-electron chi connectivity index (χ0n) is 11.3. The van der Waals surface area contributed by atoms with Crippen LogP contribution >= 0.6 is 11.6 Å². The highest BCUT2D eigenvalue weighted by molar-refractivity contribution is 6.33. The van der Waals surface area contributed by atoms with Gasteiger partial charge in [-0.3, -0.25) is 0 Å². The van der Waals surface area contributed by atoms with Crippen molar-refractivity contribution in [2.75, 3.05) is 5.73 Å². The van der Waals surface area contributed by atoms with Crippen molar-refractivity contribution in [2.45, 2.75) is 0 Å². The lowest BCUT2D eigenvalue weighted by Gasteiger charge is -2.09. The van der Waals surface area contributed by atoms with Crippen LogP contribution in [0.25, 0.3) is 27.5 Å². The Balaban J connectivity index is 2.17. The fourth-order valence-corrected chi connectivity index (χ4v) is 3.03. The molecular formula is C18H13ClN2. The summed E-state index contributed by atoms with van der Waals surface area (Å²) in [4.78, 5) is 0. The quantitative estimate of drug-likeness (QED) is 0.491. The Kier molecular flexibility index (Phi) is 2.66. The van der Waals surface area contributed by atoms with Crippen LogP contribution in [0.4, 0.5) is 5.69 Å². The van der Waals surface area contributed by atoms with E-state index in [1.54, 1.807) is 0 Å². The topological polar surface area (TPSA) is 30.9 Å². The molecular weight excluding hydrogens is 280 g/mol. The molecule has 0 atom stereocenters. The van der Waals surface area contributed by atoms with Crippen molar-refractivity contribution in [3.8, 4) is 5.69 Å². The molecule has 0 fully saturated rings. The molecule has 0 spiro atoms. The van der Waals surface area contributed by atoms with Crippen LogP contribution in [0.5, 0.6) is 0 Å². The lowest BCUT2D eigenvalue weighted by molar-refractivity contribution is 1.18. The van der Waals surface area contributed by atoms with E-state index in [2.05, 4.69) is 53.1 Å². The predicted octanol–water partition coefficient (Wildman–Crippen LogP) is 5.02. The zero-order valence-corrected chi connectivity index (χ0v) is 12.0. The van der Waals surface area contributed by atoms with Gasteiger partial charge in [-0.2, -0.15) is 0 Å². The molecule has 0 saturated heterocycles. The van der Waals surface area contributed by atoms with Gasteiger partial charge in [0, 0.05) is 16.5 Å². The first-order valence-corrected chi connectivity index (χ1v) is 7.17. The van der Waals surface area contributed by atoms with Crippen LogP contribution in [0, 0.1) is 0 Å². The number of nitrogens with zero attached hydrogens (tertiary/aromatic N) is 1. The molecule has 3 heteroatoms. The van der Waals surface area contributed by atoms with Crippen LogP contribution in [0.3, 0.4) is 0 Å². The van der Waals surface area contributed by atoms with Gasteiger partial charge in [0.15, 0.2) is 0 Å². The second-order valence-corrected chi connectivity index (χ2v) is 5.48. The molecule has 21 heavy (non-hydrogen) atoms. The molecule has 2 nitrogen and oxygen atoms in total. The Morgan fingerprint density at radius 1 is 0.762 bits per heavy atom. The highest BCUT2D eigenvalue weighted by Gasteiger charge is 2.11. The highest BCUT2D eigenvalue weighted by atomic mass is 35.5. The molecule has 0 aliphatic heterocycles. The third kappa shape index (κ3) is 1.80. The molecule has 4 aromatic rings. The molecule has 102 valence electrons. The number of hydrogen-bond acceptors (Lipinski definition) is 1. The maximum absolute atomic E-state index is 6.19. The monoisotopic (exact) mass is 292 g/mol. The Hall–Kier alpha value is -2.45. The third-order valence-electron chi connectivity index (χ3n) is 3.82. The van der Waals surface area contributed by atoms with Gasteiger partial charge in [-0.1, -0.05) is 48.0 Å². The average Bonchev–Trinajstić information content (AvgIpc) is 2.85. The summed E-state index contributed by atoms with van der Waals surface area (Å²) in [6.45, 7) is 0. The van der Waals surface area contributed by atoms with Gasteiger partial charge in [-0.15, -0.1) is 0 Å². The van der Waals surface area contributed by atoms with E-state index in [-0.39, 0.29) is 0 Å². The van der Waals surface area contributed by atoms with E-state index in [1.165, 1.54) is 21.8 Å². The molecule has 1 aromatic heterocycles. The van der Waals surface area contributed by atoms with Gasteiger partial charge in [-0.05, 0) is 30.3 Å². The van der Waals surface area contributed by atoms with Gasteiger partial charge in [0.1, 0.15) is 0 Å². The average molecular weight is 293 g/mol.